The first-order valence-electron chi connectivity index (χ1n) is 7.43. The van der Waals surface area contributed by atoms with E-state index in [9.17, 15) is 0 Å². The molecule has 0 spiro atoms. The van der Waals surface area contributed by atoms with Gasteiger partial charge in [0.2, 0.25) is 0 Å². The van der Waals surface area contributed by atoms with E-state index in [2.05, 4.69) is 46.2 Å². The lowest BCUT2D eigenvalue weighted by atomic mass is 10.1. The Kier molecular flexibility index (Phi) is 4.15. The van der Waals surface area contributed by atoms with Crippen LogP contribution in [0.1, 0.15) is 13.8 Å². The summed E-state index contributed by atoms with van der Waals surface area (Å²) in [7, 11) is 0. The maximum Gasteiger partial charge on any atom is 0.173 e. The number of aromatic nitrogens is 2. The second kappa shape index (κ2) is 6.23. The van der Waals surface area contributed by atoms with Gasteiger partial charge in [0.05, 0.1) is 16.7 Å². The summed E-state index contributed by atoms with van der Waals surface area (Å²) in [6.07, 6.45) is 3.60. The average Bonchev–Trinajstić information content (AvgIpc) is 2.56. The van der Waals surface area contributed by atoms with E-state index < -0.39 is 0 Å². The van der Waals surface area contributed by atoms with Crippen LogP contribution in [0.25, 0.3) is 21.8 Å². The van der Waals surface area contributed by atoms with E-state index in [0.717, 1.165) is 45.7 Å². The summed E-state index contributed by atoms with van der Waals surface area (Å²) in [4.78, 5) is 11.1. The Morgan fingerprint density at radius 3 is 2.50 bits per heavy atom. The first-order chi connectivity index (χ1) is 10.7. The predicted molar refractivity (Wildman–Crippen MR) is 96.2 cm³/mol. The molecular weight excluding hydrogens is 292 g/mol. The number of fused-ring (bicyclic) bond motifs is 3. The fourth-order valence-corrected chi connectivity index (χ4v) is 2.96. The van der Waals surface area contributed by atoms with Crippen LogP contribution in [0.5, 0.6) is 0 Å². The van der Waals surface area contributed by atoms with Gasteiger partial charge >= 0.3 is 0 Å². The molecule has 0 saturated heterocycles. The van der Waals surface area contributed by atoms with Crippen molar-refractivity contribution in [1.82, 2.24) is 14.9 Å². The molecule has 1 aromatic carbocycles. The standard InChI is InChI=1S/C17H18N4S/c1-3-21(4-2)17(22)20-14-11-12-7-5-9-18-15(12)13-8-6-10-19-16(13)14/h5-11H,3-4H2,1-2H3,(H,20,22). The molecule has 0 amide bonds. The van der Waals surface area contributed by atoms with Crippen LogP contribution in [-0.2, 0) is 0 Å². The number of hydrogen-bond donors (Lipinski definition) is 1. The maximum atomic E-state index is 5.51. The van der Waals surface area contributed by atoms with Crippen molar-refractivity contribution in [1.29, 1.82) is 0 Å². The minimum Gasteiger partial charge on any atom is -0.350 e. The van der Waals surface area contributed by atoms with Crippen molar-refractivity contribution in [2.45, 2.75) is 13.8 Å². The largest absolute Gasteiger partial charge is 0.350 e. The summed E-state index contributed by atoms with van der Waals surface area (Å²) < 4.78 is 0. The van der Waals surface area contributed by atoms with Crippen molar-refractivity contribution in [2.24, 2.45) is 0 Å². The highest BCUT2D eigenvalue weighted by Crippen LogP contribution is 2.29. The quantitative estimate of drug-likeness (QED) is 0.588. The molecular formula is C17H18N4S. The molecule has 1 N–H and O–H groups in total. The predicted octanol–water partition coefficient (Wildman–Crippen LogP) is 3.82. The lowest BCUT2D eigenvalue weighted by Gasteiger charge is -2.23. The summed E-state index contributed by atoms with van der Waals surface area (Å²) in [5, 5.41) is 6.18. The van der Waals surface area contributed by atoms with E-state index >= 15 is 0 Å². The fourth-order valence-electron chi connectivity index (χ4n) is 2.59. The molecule has 0 radical (unpaired) electrons. The summed E-state index contributed by atoms with van der Waals surface area (Å²) >= 11 is 5.51. The second-order valence-corrected chi connectivity index (χ2v) is 5.39. The average molecular weight is 310 g/mol. The van der Waals surface area contributed by atoms with Gasteiger partial charge in [0.1, 0.15) is 0 Å². The molecule has 112 valence electrons. The van der Waals surface area contributed by atoms with Gasteiger partial charge in [-0.2, -0.15) is 0 Å². The minimum absolute atomic E-state index is 0.722. The molecule has 0 unspecified atom stereocenters. The lowest BCUT2D eigenvalue weighted by Crippen LogP contribution is -2.34. The molecule has 0 aliphatic rings. The Morgan fingerprint density at radius 2 is 1.77 bits per heavy atom. The van der Waals surface area contributed by atoms with E-state index in [1.54, 1.807) is 6.20 Å². The Morgan fingerprint density at radius 1 is 1.09 bits per heavy atom. The van der Waals surface area contributed by atoms with Gasteiger partial charge in [0.15, 0.2) is 5.11 Å². The van der Waals surface area contributed by atoms with E-state index in [1.807, 2.05) is 24.4 Å². The Balaban J connectivity index is 2.13. The van der Waals surface area contributed by atoms with Gasteiger partial charge in [-0.1, -0.05) is 6.07 Å². The second-order valence-electron chi connectivity index (χ2n) is 5.00. The van der Waals surface area contributed by atoms with Crippen molar-refractivity contribution in [3.63, 3.8) is 0 Å². The summed E-state index contributed by atoms with van der Waals surface area (Å²) in [5.41, 5.74) is 2.78. The Hall–Kier alpha value is -2.27. The zero-order valence-electron chi connectivity index (χ0n) is 12.7. The number of nitrogens with one attached hydrogen (secondary N) is 1. The molecule has 4 nitrogen and oxygen atoms in total. The summed E-state index contributed by atoms with van der Waals surface area (Å²) in [5.74, 6) is 0. The molecule has 0 aliphatic heterocycles. The van der Waals surface area contributed by atoms with Crippen molar-refractivity contribution in [2.75, 3.05) is 18.4 Å². The molecule has 2 aromatic heterocycles. The molecule has 22 heavy (non-hydrogen) atoms. The van der Waals surface area contributed by atoms with Crippen molar-refractivity contribution in [3.05, 3.63) is 42.7 Å². The zero-order chi connectivity index (χ0) is 15.5. The number of benzene rings is 1. The first-order valence-corrected chi connectivity index (χ1v) is 7.83. The molecule has 3 rings (SSSR count). The Bertz CT molecular complexity index is 827. The van der Waals surface area contributed by atoms with Crippen LogP contribution in [0, 0.1) is 0 Å². The molecule has 5 heteroatoms. The van der Waals surface area contributed by atoms with Gasteiger partial charge in [0, 0.05) is 36.3 Å². The molecule has 2 heterocycles. The van der Waals surface area contributed by atoms with Gasteiger partial charge in [-0.05, 0) is 50.3 Å². The molecule has 0 fully saturated rings. The fraction of sp³-hybridized carbons (Fsp3) is 0.235. The topological polar surface area (TPSA) is 41.0 Å². The van der Waals surface area contributed by atoms with Crippen LogP contribution in [0.15, 0.2) is 42.7 Å². The van der Waals surface area contributed by atoms with E-state index in [4.69, 9.17) is 12.2 Å². The molecule has 0 saturated carbocycles. The van der Waals surface area contributed by atoms with Gasteiger partial charge < -0.3 is 10.2 Å². The van der Waals surface area contributed by atoms with E-state index in [-0.39, 0.29) is 0 Å². The number of anilines is 1. The van der Waals surface area contributed by atoms with Gasteiger partial charge in [-0.25, -0.2) is 0 Å². The van der Waals surface area contributed by atoms with Crippen molar-refractivity contribution in [3.8, 4) is 0 Å². The number of pyridine rings is 2. The van der Waals surface area contributed by atoms with Gasteiger partial charge in [-0.15, -0.1) is 0 Å². The Labute approximate surface area is 135 Å². The van der Waals surface area contributed by atoms with Crippen LogP contribution in [0.4, 0.5) is 5.69 Å². The maximum absolute atomic E-state index is 5.51. The number of hydrogen-bond acceptors (Lipinski definition) is 3. The summed E-state index contributed by atoms with van der Waals surface area (Å²) in [6, 6.07) is 10.0. The van der Waals surface area contributed by atoms with Crippen LogP contribution in [0.3, 0.4) is 0 Å². The van der Waals surface area contributed by atoms with Crippen LogP contribution < -0.4 is 5.32 Å². The van der Waals surface area contributed by atoms with Crippen LogP contribution in [0.2, 0.25) is 0 Å². The molecule has 0 aliphatic carbocycles. The normalized spacial score (nSPS) is 10.8. The summed E-state index contributed by atoms with van der Waals surface area (Å²) in [6.45, 7) is 5.95. The molecule has 0 bridgehead atoms. The van der Waals surface area contributed by atoms with Gasteiger partial charge in [0.25, 0.3) is 0 Å². The first kappa shape index (κ1) is 14.7. The smallest absolute Gasteiger partial charge is 0.173 e. The SMILES string of the molecule is CCN(CC)C(=S)Nc1cc2cccnc2c2cccnc12. The van der Waals surface area contributed by atoms with E-state index in [0.29, 0.717) is 0 Å². The van der Waals surface area contributed by atoms with Crippen LogP contribution >= 0.6 is 12.2 Å². The monoisotopic (exact) mass is 310 g/mol. The number of rotatable bonds is 3. The van der Waals surface area contributed by atoms with E-state index in [1.165, 1.54) is 0 Å². The highest BCUT2D eigenvalue weighted by atomic mass is 32.1. The third kappa shape index (κ3) is 2.60. The third-order valence-electron chi connectivity index (χ3n) is 3.75. The minimum atomic E-state index is 0.722. The molecule has 3 aromatic rings. The van der Waals surface area contributed by atoms with Crippen LogP contribution in [-0.4, -0.2) is 33.1 Å². The highest BCUT2D eigenvalue weighted by molar-refractivity contribution is 7.80. The molecule has 0 atom stereocenters. The number of thiocarbonyl (C=S) groups is 1. The number of nitrogens with zero attached hydrogens (tertiary/aromatic N) is 3. The van der Waals surface area contributed by atoms with Crippen molar-refractivity contribution < 1.29 is 0 Å². The van der Waals surface area contributed by atoms with Crippen molar-refractivity contribution >= 4 is 44.8 Å². The highest BCUT2D eigenvalue weighted by Gasteiger charge is 2.11. The zero-order valence-corrected chi connectivity index (χ0v) is 13.5. The van der Waals surface area contributed by atoms with Gasteiger partial charge in [-0.3, -0.25) is 9.97 Å². The third-order valence-corrected chi connectivity index (χ3v) is 4.11. The lowest BCUT2D eigenvalue weighted by molar-refractivity contribution is 0.473.